The molecule has 1 aliphatic carbocycles. The fourth-order valence-corrected chi connectivity index (χ4v) is 2.83. The zero-order valence-corrected chi connectivity index (χ0v) is 11.8. The van der Waals surface area contributed by atoms with Gasteiger partial charge in [0.2, 0.25) is 0 Å². The predicted molar refractivity (Wildman–Crippen MR) is 79.5 cm³/mol. The Labute approximate surface area is 123 Å². The van der Waals surface area contributed by atoms with Gasteiger partial charge < -0.3 is 4.74 Å². The molecule has 20 heavy (non-hydrogen) atoms. The van der Waals surface area contributed by atoms with E-state index in [2.05, 4.69) is 0 Å². The molecule has 0 amide bonds. The van der Waals surface area contributed by atoms with Crippen LogP contribution >= 0.6 is 11.6 Å². The summed E-state index contributed by atoms with van der Waals surface area (Å²) in [6.45, 7) is 0.479. The van der Waals surface area contributed by atoms with E-state index >= 15 is 0 Å². The quantitative estimate of drug-likeness (QED) is 0.834. The minimum absolute atomic E-state index is 0.183. The number of ketones is 1. The van der Waals surface area contributed by atoms with Crippen LogP contribution in [0.15, 0.2) is 42.5 Å². The summed E-state index contributed by atoms with van der Waals surface area (Å²) in [6, 6.07) is 13.6. The van der Waals surface area contributed by atoms with Gasteiger partial charge in [0.05, 0.1) is 5.02 Å². The van der Waals surface area contributed by atoms with Crippen molar-refractivity contribution in [2.24, 2.45) is 0 Å². The molecular formula is C17H15ClO2. The highest BCUT2D eigenvalue weighted by atomic mass is 35.5. The molecule has 0 unspecified atom stereocenters. The molecule has 0 heterocycles. The maximum atomic E-state index is 11.8. The zero-order valence-electron chi connectivity index (χ0n) is 11.1. The predicted octanol–water partition coefficient (Wildman–Crippen LogP) is 4.44. The van der Waals surface area contributed by atoms with Crippen molar-refractivity contribution in [2.45, 2.75) is 25.9 Å². The third-order valence-electron chi connectivity index (χ3n) is 3.58. The van der Waals surface area contributed by atoms with Crippen molar-refractivity contribution in [3.63, 3.8) is 0 Å². The van der Waals surface area contributed by atoms with E-state index in [1.165, 1.54) is 0 Å². The fourth-order valence-electron chi connectivity index (χ4n) is 2.51. The van der Waals surface area contributed by atoms with E-state index < -0.39 is 0 Å². The molecule has 0 radical (unpaired) electrons. The first-order chi connectivity index (χ1) is 9.75. The lowest BCUT2D eigenvalue weighted by atomic mass is 9.90. The van der Waals surface area contributed by atoms with Crippen LogP contribution < -0.4 is 4.74 Å². The van der Waals surface area contributed by atoms with Crippen LogP contribution in [0, 0.1) is 0 Å². The summed E-state index contributed by atoms with van der Waals surface area (Å²) < 4.78 is 5.78. The van der Waals surface area contributed by atoms with Gasteiger partial charge in [-0.15, -0.1) is 0 Å². The van der Waals surface area contributed by atoms with E-state index in [-0.39, 0.29) is 5.78 Å². The van der Waals surface area contributed by atoms with Gasteiger partial charge in [0, 0.05) is 12.0 Å². The van der Waals surface area contributed by atoms with E-state index in [0.717, 1.165) is 29.5 Å². The number of halogens is 1. The van der Waals surface area contributed by atoms with Crippen LogP contribution in [0.1, 0.15) is 34.3 Å². The lowest BCUT2D eigenvalue weighted by Crippen LogP contribution is -2.11. The summed E-state index contributed by atoms with van der Waals surface area (Å²) in [4.78, 5) is 11.8. The van der Waals surface area contributed by atoms with Crippen LogP contribution in [0.5, 0.6) is 5.75 Å². The summed E-state index contributed by atoms with van der Waals surface area (Å²) in [5.74, 6) is 0.840. The molecule has 0 fully saturated rings. The molecule has 3 rings (SSSR count). The molecular weight excluding hydrogens is 272 g/mol. The fraction of sp³-hybridized carbons (Fsp3) is 0.235. The first kappa shape index (κ1) is 13.2. The average molecular weight is 287 g/mol. The molecule has 2 aromatic rings. The van der Waals surface area contributed by atoms with Gasteiger partial charge in [-0.1, -0.05) is 41.9 Å². The Bertz CT molecular complexity index is 635. The first-order valence-corrected chi connectivity index (χ1v) is 7.15. The smallest absolute Gasteiger partial charge is 0.163 e. The molecule has 0 aromatic heterocycles. The maximum Gasteiger partial charge on any atom is 0.163 e. The number of ether oxygens (including phenoxy) is 1. The van der Waals surface area contributed by atoms with E-state index in [1.54, 1.807) is 6.07 Å². The van der Waals surface area contributed by atoms with Gasteiger partial charge in [0.1, 0.15) is 12.4 Å². The Hall–Kier alpha value is -1.80. The highest BCUT2D eigenvalue weighted by Gasteiger charge is 2.21. The normalized spacial score (nSPS) is 13.9. The number of Topliss-reactive ketones (excluding diaryl/α,β-unsaturated/α-hetero) is 1. The van der Waals surface area contributed by atoms with Gasteiger partial charge in [-0.2, -0.15) is 0 Å². The van der Waals surface area contributed by atoms with Crippen molar-refractivity contribution in [2.75, 3.05) is 0 Å². The minimum Gasteiger partial charge on any atom is -0.487 e. The molecule has 0 bridgehead atoms. The van der Waals surface area contributed by atoms with E-state index in [0.29, 0.717) is 23.8 Å². The number of fused-ring (bicyclic) bond motifs is 1. The third kappa shape index (κ3) is 2.56. The zero-order chi connectivity index (χ0) is 13.9. The van der Waals surface area contributed by atoms with Crippen molar-refractivity contribution in [3.8, 4) is 5.75 Å². The van der Waals surface area contributed by atoms with E-state index in [9.17, 15) is 4.79 Å². The summed E-state index contributed by atoms with van der Waals surface area (Å²) in [7, 11) is 0. The molecule has 2 nitrogen and oxygen atoms in total. The van der Waals surface area contributed by atoms with Crippen LogP contribution in [0.3, 0.4) is 0 Å². The molecule has 102 valence electrons. The van der Waals surface area contributed by atoms with Gasteiger partial charge in [0.15, 0.2) is 5.78 Å². The molecule has 0 atom stereocenters. The molecule has 2 aromatic carbocycles. The number of hydrogen-bond donors (Lipinski definition) is 0. The second-order valence-corrected chi connectivity index (χ2v) is 5.33. The monoisotopic (exact) mass is 286 g/mol. The van der Waals surface area contributed by atoms with Crippen molar-refractivity contribution < 1.29 is 9.53 Å². The summed E-state index contributed by atoms with van der Waals surface area (Å²) in [5, 5.41) is 0.589. The number of carbonyl (C=O) groups excluding carboxylic acids is 1. The SMILES string of the molecule is O=C1CCCc2c1ccc(OCc1ccccc1)c2Cl. The number of rotatable bonds is 3. The van der Waals surface area contributed by atoms with Gasteiger partial charge in [-0.3, -0.25) is 4.79 Å². The molecule has 0 saturated carbocycles. The van der Waals surface area contributed by atoms with Crippen molar-refractivity contribution in [1.29, 1.82) is 0 Å². The highest BCUT2D eigenvalue weighted by molar-refractivity contribution is 6.33. The number of benzene rings is 2. The third-order valence-corrected chi connectivity index (χ3v) is 3.99. The number of hydrogen-bond acceptors (Lipinski definition) is 2. The topological polar surface area (TPSA) is 26.3 Å². The Morgan fingerprint density at radius 1 is 1.05 bits per heavy atom. The molecule has 0 saturated heterocycles. The molecule has 0 aliphatic heterocycles. The average Bonchev–Trinajstić information content (AvgIpc) is 2.48. The minimum atomic E-state index is 0.183. The standard InChI is InChI=1S/C17H15ClO2/c18-17-14-7-4-8-15(19)13(14)9-10-16(17)20-11-12-5-2-1-3-6-12/h1-3,5-6,9-10H,4,7-8,11H2. The second kappa shape index (κ2) is 5.68. The maximum absolute atomic E-state index is 11.8. The van der Waals surface area contributed by atoms with Gasteiger partial charge in [-0.05, 0) is 36.1 Å². The van der Waals surface area contributed by atoms with E-state index in [1.807, 2.05) is 36.4 Å². The second-order valence-electron chi connectivity index (χ2n) is 4.95. The number of carbonyl (C=O) groups is 1. The van der Waals surface area contributed by atoms with Crippen LogP contribution in [0.4, 0.5) is 0 Å². The van der Waals surface area contributed by atoms with Crippen LogP contribution in [0.25, 0.3) is 0 Å². The van der Waals surface area contributed by atoms with Crippen molar-refractivity contribution in [1.82, 2.24) is 0 Å². The Balaban J connectivity index is 1.83. The lowest BCUT2D eigenvalue weighted by Gasteiger charge is -2.18. The van der Waals surface area contributed by atoms with Gasteiger partial charge >= 0.3 is 0 Å². The molecule has 0 spiro atoms. The first-order valence-electron chi connectivity index (χ1n) is 6.77. The van der Waals surface area contributed by atoms with Crippen LogP contribution in [-0.2, 0) is 13.0 Å². The Morgan fingerprint density at radius 2 is 1.85 bits per heavy atom. The summed E-state index contributed by atoms with van der Waals surface area (Å²) in [5.41, 5.74) is 2.79. The van der Waals surface area contributed by atoms with E-state index in [4.69, 9.17) is 16.3 Å². The van der Waals surface area contributed by atoms with Crippen molar-refractivity contribution >= 4 is 17.4 Å². The Morgan fingerprint density at radius 3 is 2.65 bits per heavy atom. The molecule has 0 N–H and O–H groups in total. The molecule has 1 aliphatic rings. The Kier molecular flexibility index (Phi) is 3.75. The van der Waals surface area contributed by atoms with Crippen LogP contribution in [0.2, 0.25) is 5.02 Å². The van der Waals surface area contributed by atoms with Crippen LogP contribution in [-0.4, -0.2) is 5.78 Å². The van der Waals surface area contributed by atoms with Gasteiger partial charge in [0.25, 0.3) is 0 Å². The lowest BCUT2D eigenvalue weighted by molar-refractivity contribution is 0.0972. The highest BCUT2D eigenvalue weighted by Crippen LogP contribution is 2.35. The van der Waals surface area contributed by atoms with Gasteiger partial charge in [-0.25, -0.2) is 0 Å². The van der Waals surface area contributed by atoms with Crippen molar-refractivity contribution in [3.05, 3.63) is 64.2 Å². The molecule has 3 heteroatoms. The summed E-state index contributed by atoms with van der Waals surface area (Å²) >= 11 is 6.38. The largest absolute Gasteiger partial charge is 0.487 e. The summed E-state index contributed by atoms with van der Waals surface area (Å²) in [6.07, 6.45) is 2.34.